The number of carbonyl (C=O) groups is 1. The Hall–Kier alpha value is -1.51. The van der Waals surface area contributed by atoms with Crippen LogP contribution in [0.15, 0.2) is 18.2 Å². The van der Waals surface area contributed by atoms with Gasteiger partial charge in [-0.3, -0.25) is 4.79 Å². The Bertz CT molecular complexity index is 388. The quantitative estimate of drug-likeness (QED) is 0.728. The van der Waals surface area contributed by atoms with Crippen molar-refractivity contribution in [3.63, 3.8) is 0 Å². The van der Waals surface area contributed by atoms with Gasteiger partial charge < -0.3 is 10.6 Å². The van der Waals surface area contributed by atoms with E-state index in [0.29, 0.717) is 6.54 Å². The maximum Gasteiger partial charge on any atom is 0.239 e. The van der Waals surface area contributed by atoms with Crippen LogP contribution in [0, 0.1) is 6.92 Å². The van der Waals surface area contributed by atoms with Crippen LogP contribution in [0.5, 0.6) is 0 Å². The fourth-order valence-electron chi connectivity index (χ4n) is 1.91. The third-order valence-corrected chi connectivity index (χ3v) is 3.02. The second-order valence-corrected chi connectivity index (χ2v) is 4.52. The maximum atomic E-state index is 11.6. The average molecular weight is 248 g/mol. The van der Waals surface area contributed by atoms with E-state index < -0.39 is 0 Å². The molecule has 100 valence electrons. The maximum absolute atomic E-state index is 11.6. The van der Waals surface area contributed by atoms with E-state index in [0.717, 1.165) is 31.5 Å². The van der Waals surface area contributed by atoms with Crippen molar-refractivity contribution in [1.29, 1.82) is 0 Å². The Morgan fingerprint density at radius 1 is 1.28 bits per heavy atom. The molecule has 1 amide bonds. The zero-order chi connectivity index (χ0) is 13.4. The zero-order valence-corrected chi connectivity index (χ0v) is 11.7. The van der Waals surface area contributed by atoms with E-state index >= 15 is 0 Å². The van der Waals surface area contributed by atoms with Crippen molar-refractivity contribution in [2.24, 2.45) is 0 Å². The summed E-state index contributed by atoms with van der Waals surface area (Å²) >= 11 is 0. The summed E-state index contributed by atoms with van der Waals surface area (Å²) < 4.78 is 0. The number of nitrogens with one attached hydrogen (secondary N) is 2. The summed E-state index contributed by atoms with van der Waals surface area (Å²) in [5.74, 6) is 0.0637. The number of carbonyl (C=O) groups excluding carboxylic acids is 1. The molecule has 1 rings (SSSR count). The zero-order valence-electron chi connectivity index (χ0n) is 11.7. The number of para-hydroxylation sites is 1. The second-order valence-electron chi connectivity index (χ2n) is 4.52. The van der Waals surface area contributed by atoms with E-state index in [1.54, 1.807) is 0 Å². The van der Waals surface area contributed by atoms with E-state index in [2.05, 4.69) is 49.6 Å². The molecule has 2 N–H and O–H groups in total. The lowest BCUT2D eigenvalue weighted by molar-refractivity contribution is -0.119. The number of aryl methyl sites for hydroxylation is 2. The van der Waals surface area contributed by atoms with Crippen LogP contribution in [0.3, 0.4) is 0 Å². The summed E-state index contributed by atoms with van der Waals surface area (Å²) in [5.41, 5.74) is 3.55. The number of benzene rings is 1. The third kappa shape index (κ3) is 4.40. The predicted octanol–water partition coefficient (Wildman–Crippen LogP) is 2.89. The normalized spacial score (nSPS) is 10.2. The Morgan fingerprint density at radius 3 is 2.72 bits per heavy atom. The highest BCUT2D eigenvalue weighted by Gasteiger charge is 2.05. The van der Waals surface area contributed by atoms with Gasteiger partial charge in [-0.2, -0.15) is 0 Å². The average Bonchev–Trinajstić information content (AvgIpc) is 2.37. The second kappa shape index (κ2) is 7.75. The van der Waals surface area contributed by atoms with Gasteiger partial charge in [-0.15, -0.1) is 0 Å². The third-order valence-electron chi connectivity index (χ3n) is 3.02. The van der Waals surface area contributed by atoms with Crippen LogP contribution in [0.25, 0.3) is 0 Å². The summed E-state index contributed by atoms with van der Waals surface area (Å²) in [4.78, 5) is 11.6. The number of rotatable bonds is 7. The van der Waals surface area contributed by atoms with Gasteiger partial charge in [0.05, 0.1) is 6.54 Å². The van der Waals surface area contributed by atoms with Crippen molar-refractivity contribution in [2.45, 2.75) is 40.0 Å². The molecule has 0 saturated heterocycles. The first-order chi connectivity index (χ1) is 8.69. The van der Waals surface area contributed by atoms with Crippen LogP contribution >= 0.6 is 0 Å². The largest absolute Gasteiger partial charge is 0.376 e. The molecule has 0 spiro atoms. The molecule has 1 aromatic rings. The molecule has 0 atom stereocenters. The lowest BCUT2D eigenvalue weighted by atomic mass is 10.1. The number of hydrogen-bond donors (Lipinski definition) is 2. The van der Waals surface area contributed by atoms with E-state index in [-0.39, 0.29) is 5.91 Å². The number of unbranched alkanes of at least 4 members (excludes halogenated alkanes) is 1. The van der Waals surface area contributed by atoms with Crippen molar-refractivity contribution >= 4 is 11.6 Å². The molecule has 0 aliphatic carbocycles. The van der Waals surface area contributed by atoms with Gasteiger partial charge in [0.25, 0.3) is 0 Å². The topological polar surface area (TPSA) is 41.1 Å². The van der Waals surface area contributed by atoms with Gasteiger partial charge in [0, 0.05) is 12.2 Å². The van der Waals surface area contributed by atoms with E-state index in [1.165, 1.54) is 11.1 Å². The molecular weight excluding hydrogens is 224 g/mol. The van der Waals surface area contributed by atoms with E-state index in [4.69, 9.17) is 0 Å². The monoisotopic (exact) mass is 248 g/mol. The van der Waals surface area contributed by atoms with Gasteiger partial charge in [-0.05, 0) is 30.9 Å². The fraction of sp³-hybridized carbons (Fsp3) is 0.533. The van der Waals surface area contributed by atoms with Crippen LogP contribution in [0.1, 0.15) is 37.8 Å². The van der Waals surface area contributed by atoms with Gasteiger partial charge in [0.1, 0.15) is 0 Å². The van der Waals surface area contributed by atoms with Gasteiger partial charge in [-0.25, -0.2) is 0 Å². The molecule has 0 fully saturated rings. The molecule has 0 heterocycles. The van der Waals surface area contributed by atoms with Crippen molar-refractivity contribution in [1.82, 2.24) is 5.32 Å². The van der Waals surface area contributed by atoms with E-state index in [9.17, 15) is 4.79 Å². The minimum absolute atomic E-state index is 0.0637. The fourth-order valence-corrected chi connectivity index (χ4v) is 1.91. The van der Waals surface area contributed by atoms with Crippen molar-refractivity contribution in [3.8, 4) is 0 Å². The standard InChI is InChI=1S/C15H24N2O/c1-4-6-10-16-14(18)11-17-15-12(3)8-7-9-13(15)5-2/h7-9,17H,4-6,10-11H2,1-3H3,(H,16,18). The smallest absolute Gasteiger partial charge is 0.239 e. The first-order valence-electron chi connectivity index (χ1n) is 6.78. The van der Waals surface area contributed by atoms with Crippen molar-refractivity contribution in [3.05, 3.63) is 29.3 Å². The Morgan fingerprint density at radius 2 is 2.06 bits per heavy atom. The number of amides is 1. The molecular formula is C15H24N2O. The SMILES string of the molecule is CCCCNC(=O)CNc1c(C)cccc1CC. The highest BCUT2D eigenvalue weighted by Crippen LogP contribution is 2.20. The van der Waals surface area contributed by atoms with Crippen LogP contribution < -0.4 is 10.6 Å². The lowest BCUT2D eigenvalue weighted by Crippen LogP contribution is -2.30. The molecule has 0 aliphatic heterocycles. The Kier molecular flexibility index (Phi) is 6.26. The highest BCUT2D eigenvalue weighted by atomic mass is 16.1. The van der Waals surface area contributed by atoms with Gasteiger partial charge in [-0.1, -0.05) is 38.5 Å². The lowest BCUT2D eigenvalue weighted by Gasteiger charge is -2.13. The van der Waals surface area contributed by atoms with Crippen molar-refractivity contribution < 1.29 is 4.79 Å². The summed E-state index contributed by atoms with van der Waals surface area (Å²) in [7, 11) is 0. The van der Waals surface area contributed by atoms with Gasteiger partial charge in [0.15, 0.2) is 0 Å². The molecule has 0 radical (unpaired) electrons. The summed E-state index contributed by atoms with van der Waals surface area (Å²) in [6.45, 7) is 7.43. The molecule has 0 aromatic heterocycles. The predicted molar refractivity (Wildman–Crippen MR) is 77.0 cm³/mol. The Balaban J connectivity index is 2.50. The first kappa shape index (κ1) is 14.6. The van der Waals surface area contributed by atoms with Crippen molar-refractivity contribution in [2.75, 3.05) is 18.4 Å². The molecule has 3 nitrogen and oxygen atoms in total. The number of hydrogen-bond acceptors (Lipinski definition) is 2. The summed E-state index contributed by atoms with van der Waals surface area (Å²) in [5, 5.41) is 6.16. The van der Waals surface area contributed by atoms with Crippen LogP contribution in [-0.2, 0) is 11.2 Å². The summed E-state index contributed by atoms with van der Waals surface area (Å²) in [6.07, 6.45) is 3.11. The van der Waals surface area contributed by atoms with Crippen LogP contribution in [0.2, 0.25) is 0 Å². The molecule has 18 heavy (non-hydrogen) atoms. The minimum Gasteiger partial charge on any atom is -0.376 e. The molecule has 0 saturated carbocycles. The highest BCUT2D eigenvalue weighted by molar-refractivity contribution is 5.81. The molecule has 0 aliphatic rings. The first-order valence-corrected chi connectivity index (χ1v) is 6.78. The molecule has 0 bridgehead atoms. The van der Waals surface area contributed by atoms with Crippen LogP contribution in [0.4, 0.5) is 5.69 Å². The van der Waals surface area contributed by atoms with Crippen LogP contribution in [-0.4, -0.2) is 19.0 Å². The summed E-state index contributed by atoms with van der Waals surface area (Å²) in [6, 6.07) is 6.22. The number of anilines is 1. The minimum atomic E-state index is 0.0637. The van der Waals surface area contributed by atoms with Gasteiger partial charge >= 0.3 is 0 Å². The molecule has 3 heteroatoms. The Labute approximate surface area is 110 Å². The molecule has 0 unspecified atom stereocenters. The van der Waals surface area contributed by atoms with Gasteiger partial charge in [0.2, 0.25) is 5.91 Å². The molecule has 1 aromatic carbocycles. The van der Waals surface area contributed by atoms with E-state index in [1.807, 2.05) is 0 Å².